The molecule has 2 aromatic rings. The number of carbonyl (C=O) groups excluding carboxylic acids is 1. The molecule has 0 saturated carbocycles. The first-order valence-corrected chi connectivity index (χ1v) is 8.77. The molecule has 0 N–H and O–H groups in total. The monoisotopic (exact) mass is 341 g/mol. The molecule has 0 aliphatic carbocycles. The Morgan fingerprint density at radius 2 is 2.16 bits per heavy atom. The van der Waals surface area contributed by atoms with E-state index >= 15 is 0 Å². The lowest BCUT2D eigenvalue weighted by Gasteiger charge is -2.51. The van der Waals surface area contributed by atoms with Crippen molar-refractivity contribution in [3.8, 4) is 0 Å². The van der Waals surface area contributed by atoms with E-state index in [9.17, 15) is 4.79 Å². The van der Waals surface area contributed by atoms with Crippen molar-refractivity contribution in [2.75, 3.05) is 24.6 Å². The Morgan fingerprint density at radius 3 is 2.84 bits per heavy atom. The van der Waals surface area contributed by atoms with E-state index < -0.39 is 0 Å². The van der Waals surface area contributed by atoms with Gasteiger partial charge in [0.15, 0.2) is 0 Å². The Labute approximate surface area is 147 Å². The van der Waals surface area contributed by atoms with Crippen LogP contribution in [-0.4, -0.2) is 47.1 Å². The number of amides is 1. The van der Waals surface area contributed by atoms with Gasteiger partial charge in [0, 0.05) is 31.4 Å². The number of morpholine rings is 1. The molecule has 0 aromatic carbocycles. The molecule has 4 rings (SSSR count). The smallest absolute Gasteiger partial charge is 0.253 e. The normalized spacial score (nSPS) is 24.0. The van der Waals surface area contributed by atoms with Crippen LogP contribution >= 0.6 is 0 Å². The molecule has 1 atom stereocenters. The molecule has 0 bridgehead atoms. The number of pyridine rings is 1. The predicted molar refractivity (Wildman–Crippen MR) is 93.1 cm³/mol. The number of likely N-dealkylation sites (tertiary alicyclic amines) is 1. The molecule has 2 saturated heterocycles. The van der Waals surface area contributed by atoms with Crippen LogP contribution in [-0.2, 0) is 16.1 Å². The molecular weight excluding hydrogens is 318 g/mol. The van der Waals surface area contributed by atoms with Crippen molar-refractivity contribution in [3.63, 3.8) is 0 Å². The number of nitrogens with zero attached hydrogens (tertiary/aromatic N) is 3. The molecular formula is C19H23N3O3. The molecule has 0 radical (unpaired) electrons. The summed E-state index contributed by atoms with van der Waals surface area (Å²) in [6.45, 7) is 5.03. The molecule has 6 heteroatoms. The fourth-order valence-corrected chi connectivity index (χ4v) is 4.00. The molecule has 2 aromatic heterocycles. The highest BCUT2D eigenvalue weighted by Gasteiger charge is 2.48. The fourth-order valence-electron chi connectivity index (χ4n) is 4.00. The first-order valence-electron chi connectivity index (χ1n) is 8.77. The first kappa shape index (κ1) is 16.3. The largest absolute Gasteiger partial charge is 0.472 e. The molecule has 2 aliphatic heterocycles. The molecule has 6 nitrogen and oxygen atoms in total. The minimum absolute atomic E-state index is 0.00553. The number of furan rings is 1. The summed E-state index contributed by atoms with van der Waals surface area (Å²) in [6, 6.07) is 5.81. The van der Waals surface area contributed by atoms with Crippen molar-refractivity contribution in [1.29, 1.82) is 0 Å². The predicted octanol–water partition coefficient (Wildman–Crippen LogP) is 2.46. The van der Waals surface area contributed by atoms with Gasteiger partial charge in [-0.25, -0.2) is 0 Å². The summed E-state index contributed by atoms with van der Waals surface area (Å²) in [5.74, 6) is 0.00644. The van der Waals surface area contributed by atoms with Crippen molar-refractivity contribution < 1.29 is 13.9 Å². The zero-order valence-electron chi connectivity index (χ0n) is 14.4. The first-order chi connectivity index (χ1) is 12.2. The minimum Gasteiger partial charge on any atom is -0.472 e. The maximum atomic E-state index is 12.5. The second-order valence-electron chi connectivity index (χ2n) is 6.91. The topological polar surface area (TPSA) is 58.8 Å². The third-order valence-electron chi connectivity index (χ3n) is 5.51. The van der Waals surface area contributed by atoms with Crippen molar-refractivity contribution >= 4 is 11.6 Å². The molecule has 1 spiro atoms. The van der Waals surface area contributed by atoms with Gasteiger partial charge in [-0.2, -0.15) is 0 Å². The van der Waals surface area contributed by atoms with Crippen LogP contribution in [0.4, 0.5) is 5.69 Å². The SMILES string of the molecule is C[C@H]1N(c2cccnc2)C(=O)COC12CCN(Cc1ccoc1)CC2. The Morgan fingerprint density at radius 1 is 1.32 bits per heavy atom. The van der Waals surface area contributed by atoms with Gasteiger partial charge in [0.05, 0.1) is 36.1 Å². The Bertz CT molecular complexity index is 709. The van der Waals surface area contributed by atoms with E-state index in [-0.39, 0.29) is 24.2 Å². The summed E-state index contributed by atoms with van der Waals surface area (Å²) in [5, 5.41) is 0. The molecule has 1 amide bonds. The van der Waals surface area contributed by atoms with E-state index in [4.69, 9.17) is 9.15 Å². The highest BCUT2D eigenvalue weighted by molar-refractivity contribution is 5.95. The lowest BCUT2D eigenvalue weighted by Crippen LogP contribution is -2.64. The van der Waals surface area contributed by atoms with Gasteiger partial charge in [-0.3, -0.25) is 14.7 Å². The van der Waals surface area contributed by atoms with E-state index in [1.807, 2.05) is 23.1 Å². The second-order valence-corrected chi connectivity index (χ2v) is 6.91. The van der Waals surface area contributed by atoms with Crippen LogP contribution in [0.25, 0.3) is 0 Å². The zero-order valence-corrected chi connectivity index (χ0v) is 14.4. The molecule has 0 unspecified atom stereocenters. The number of anilines is 1. The summed E-state index contributed by atoms with van der Waals surface area (Å²) in [6.07, 6.45) is 8.81. The number of hydrogen-bond donors (Lipinski definition) is 0. The third kappa shape index (κ3) is 3.07. The summed E-state index contributed by atoms with van der Waals surface area (Å²) in [4.78, 5) is 20.9. The van der Waals surface area contributed by atoms with Gasteiger partial charge in [-0.1, -0.05) is 0 Å². The lowest BCUT2D eigenvalue weighted by molar-refractivity contribution is -0.152. The standard InChI is InChI=1S/C19H23N3O3/c1-15-19(5-8-21(9-6-19)12-16-4-10-24-13-16)25-14-18(23)22(15)17-3-2-7-20-11-17/h2-4,7,10-11,13,15H,5-6,8-9,12,14H2,1H3/t15-/m1/s1. The average Bonchev–Trinajstić information content (AvgIpc) is 3.15. The third-order valence-corrected chi connectivity index (χ3v) is 5.51. The van der Waals surface area contributed by atoms with Crippen LogP contribution in [0, 0.1) is 0 Å². The van der Waals surface area contributed by atoms with Crippen molar-refractivity contribution in [2.45, 2.75) is 38.0 Å². The van der Waals surface area contributed by atoms with Gasteiger partial charge >= 0.3 is 0 Å². The van der Waals surface area contributed by atoms with Crippen LogP contribution < -0.4 is 4.90 Å². The van der Waals surface area contributed by atoms with E-state index in [0.717, 1.165) is 38.2 Å². The quantitative estimate of drug-likeness (QED) is 0.858. The van der Waals surface area contributed by atoms with E-state index in [1.54, 1.807) is 24.9 Å². The lowest BCUT2D eigenvalue weighted by atomic mass is 9.82. The summed E-state index contributed by atoms with van der Waals surface area (Å²) < 4.78 is 11.3. The Kier molecular flexibility index (Phi) is 4.31. The molecule has 2 aliphatic rings. The van der Waals surface area contributed by atoms with Crippen molar-refractivity contribution in [3.05, 3.63) is 48.7 Å². The molecule has 25 heavy (non-hydrogen) atoms. The summed E-state index contributed by atoms with van der Waals surface area (Å²) >= 11 is 0. The summed E-state index contributed by atoms with van der Waals surface area (Å²) in [7, 11) is 0. The van der Waals surface area contributed by atoms with Crippen molar-refractivity contribution in [2.24, 2.45) is 0 Å². The Balaban J connectivity index is 1.48. The molecule has 4 heterocycles. The van der Waals surface area contributed by atoms with Crippen LogP contribution in [0.2, 0.25) is 0 Å². The average molecular weight is 341 g/mol. The van der Waals surface area contributed by atoms with Crippen LogP contribution in [0.1, 0.15) is 25.3 Å². The number of ether oxygens (including phenoxy) is 1. The molecule has 2 fully saturated rings. The van der Waals surface area contributed by atoms with Gasteiger partial charge in [0.1, 0.15) is 6.61 Å². The van der Waals surface area contributed by atoms with E-state index in [0.29, 0.717) is 0 Å². The number of aromatic nitrogens is 1. The highest BCUT2D eigenvalue weighted by atomic mass is 16.5. The van der Waals surface area contributed by atoms with E-state index in [2.05, 4.69) is 16.8 Å². The maximum Gasteiger partial charge on any atom is 0.253 e. The van der Waals surface area contributed by atoms with Gasteiger partial charge in [-0.15, -0.1) is 0 Å². The number of rotatable bonds is 3. The van der Waals surface area contributed by atoms with E-state index in [1.165, 1.54) is 5.56 Å². The maximum absolute atomic E-state index is 12.5. The number of piperidine rings is 1. The number of carbonyl (C=O) groups is 1. The second kappa shape index (κ2) is 6.61. The zero-order chi connectivity index (χ0) is 17.3. The van der Waals surface area contributed by atoms with Gasteiger partial charge in [0.2, 0.25) is 0 Å². The van der Waals surface area contributed by atoms with Crippen LogP contribution in [0.5, 0.6) is 0 Å². The van der Waals surface area contributed by atoms with Gasteiger partial charge < -0.3 is 14.1 Å². The van der Waals surface area contributed by atoms with Gasteiger partial charge in [-0.05, 0) is 38.0 Å². The Hall–Kier alpha value is -2.18. The minimum atomic E-state index is -0.281. The van der Waals surface area contributed by atoms with Gasteiger partial charge in [0.25, 0.3) is 5.91 Å². The summed E-state index contributed by atoms with van der Waals surface area (Å²) in [5.41, 5.74) is 1.76. The van der Waals surface area contributed by atoms with Crippen LogP contribution in [0.3, 0.4) is 0 Å². The fraction of sp³-hybridized carbons (Fsp3) is 0.474. The van der Waals surface area contributed by atoms with Crippen LogP contribution in [0.15, 0.2) is 47.5 Å². The number of hydrogen-bond acceptors (Lipinski definition) is 5. The molecule has 132 valence electrons. The highest BCUT2D eigenvalue weighted by Crippen LogP contribution is 2.37. The van der Waals surface area contributed by atoms with Crippen molar-refractivity contribution in [1.82, 2.24) is 9.88 Å².